The molecular weight excluding hydrogens is 274 g/mol. The number of nitrogens with one attached hydrogen (secondary N) is 2. The van der Waals surface area contributed by atoms with Crippen LogP contribution in [-0.4, -0.2) is 41.7 Å². The summed E-state index contributed by atoms with van der Waals surface area (Å²) in [6.07, 6.45) is 1.94. The fourth-order valence-electron chi connectivity index (χ4n) is 1.81. The molecule has 0 aromatic heterocycles. The Bertz CT molecular complexity index is 464. The molecule has 1 atom stereocenters. The minimum absolute atomic E-state index is 0.153. The molecule has 0 saturated heterocycles. The van der Waals surface area contributed by atoms with Crippen molar-refractivity contribution in [3.8, 4) is 0 Å². The van der Waals surface area contributed by atoms with Gasteiger partial charge in [-0.3, -0.25) is 4.79 Å². The van der Waals surface area contributed by atoms with E-state index in [9.17, 15) is 9.90 Å². The zero-order valence-electron chi connectivity index (χ0n) is 12.2. The lowest BCUT2D eigenvalue weighted by atomic mass is 10.1. The standard InChI is InChI=1S/C14H23N3O2S/c1-4-16-13(18)11-6-5-10(15)7-12(11)17-8-14(2,19)9-20-3/h5-7,17,19H,4,8-9,15H2,1-3H3,(H,16,18). The molecule has 5 nitrogen and oxygen atoms in total. The normalized spacial score (nSPS) is 13.6. The topological polar surface area (TPSA) is 87.4 Å². The number of amides is 1. The highest BCUT2D eigenvalue weighted by Gasteiger charge is 2.20. The summed E-state index contributed by atoms with van der Waals surface area (Å²) in [5.74, 6) is 0.457. The molecule has 0 spiro atoms. The van der Waals surface area contributed by atoms with Crippen molar-refractivity contribution >= 4 is 29.0 Å². The molecule has 1 amide bonds. The van der Waals surface area contributed by atoms with Crippen LogP contribution in [0.5, 0.6) is 0 Å². The van der Waals surface area contributed by atoms with Crippen LogP contribution >= 0.6 is 11.8 Å². The van der Waals surface area contributed by atoms with E-state index in [4.69, 9.17) is 5.73 Å². The molecular formula is C14H23N3O2S. The third kappa shape index (κ3) is 4.94. The molecule has 20 heavy (non-hydrogen) atoms. The highest BCUT2D eigenvalue weighted by molar-refractivity contribution is 7.98. The maximum absolute atomic E-state index is 12.0. The van der Waals surface area contributed by atoms with Crippen LogP contribution in [0.15, 0.2) is 18.2 Å². The van der Waals surface area contributed by atoms with Crippen molar-refractivity contribution in [3.05, 3.63) is 23.8 Å². The summed E-state index contributed by atoms with van der Waals surface area (Å²) >= 11 is 1.57. The van der Waals surface area contributed by atoms with Gasteiger partial charge >= 0.3 is 0 Å². The molecule has 0 aliphatic rings. The van der Waals surface area contributed by atoms with E-state index in [0.717, 1.165) is 0 Å². The van der Waals surface area contributed by atoms with Crippen LogP contribution in [-0.2, 0) is 0 Å². The van der Waals surface area contributed by atoms with Crippen molar-refractivity contribution in [2.24, 2.45) is 0 Å². The lowest BCUT2D eigenvalue weighted by Gasteiger charge is -2.24. The van der Waals surface area contributed by atoms with E-state index in [-0.39, 0.29) is 5.91 Å². The Kier molecular flexibility index (Phi) is 6.16. The Balaban J connectivity index is 2.87. The molecule has 1 rings (SSSR count). The molecule has 112 valence electrons. The maximum Gasteiger partial charge on any atom is 0.253 e. The van der Waals surface area contributed by atoms with Gasteiger partial charge in [0.25, 0.3) is 5.91 Å². The molecule has 1 aromatic carbocycles. The van der Waals surface area contributed by atoms with E-state index in [1.807, 2.05) is 13.2 Å². The number of aliphatic hydroxyl groups is 1. The number of benzene rings is 1. The molecule has 0 bridgehead atoms. The van der Waals surface area contributed by atoms with Crippen molar-refractivity contribution in [1.82, 2.24) is 5.32 Å². The fraction of sp³-hybridized carbons (Fsp3) is 0.500. The van der Waals surface area contributed by atoms with Gasteiger partial charge in [0.15, 0.2) is 0 Å². The first kappa shape index (κ1) is 16.7. The van der Waals surface area contributed by atoms with E-state index in [2.05, 4.69) is 10.6 Å². The molecule has 0 aliphatic heterocycles. The Morgan fingerprint density at radius 3 is 2.80 bits per heavy atom. The highest BCUT2D eigenvalue weighted by Crippen LogP contribution is 2.21. The Labute approximate surface area is 124 Å². The van der Waals surface area contributed by atoms with Crippen LogP contribution in [0.1, 0.15) is 24.2 Å². The van der Waals surface area contributed by atoms with Crippen LogP contribution < -0.4 is 16.4 Å². The van der Waals surface area contributed by atoms with E-state index < -0.39 is 5.60 Å². The zero-order valence-corrected chi connectivity index (χ0v) is 13.0. The first-order chi connectivity index (χ1) is 9.39. The van der Waals surface area contributed by atoms with Gasteiger partial charge in [0, 0.05) is 30.2 Å². The van der Waals surface area contributed by atoms with Gasteiger partial charge < -0.3 is 21.5 Å². The van der Waals surface area contributed by atoms with Gasteiger partial charge in [-0.05, 0) is 38.3 Å². The van der Waals surface area contributed by atoms with E-state index >= 15 is 0 Å². The number of nitrogen functional groups attached to an aromatic ring is 1. The summed E-state index contributed by atoms with van der Waals surface area (Å²) in [5, 5.41) is 16.0. The van der Waals surface area contributed by atoms with Crippen LogP contribution in [0.25, 0.3) is 0 Å². The van der Waals surface area contributed by atoms with Gasteiger partial charge in [-0.1, -0.05) is 0 Å². The average molecular weight is 297 g/mol. The van der Waals surface area contributed by atoms with Crippen molar-refractivity contribution in [1.29, 1.82) is 0 Å². The zero-order chi connectivity index (χ0) is 15.2. The lowest BCUT2D eigenvalue weighted by Crippen LogP contribution is -2.36. The van der Waals surface area contributed by atoms with Gasteiger partial charge in [-0.15, -0.1) is 0 Å². The smallest absolute Gasteiger partial charge is 0.253 e. The van der Waals surface area contributed by atoms with Crippen molar-refractivity contribution in [3.63, 3.8) is 0 Å². The minimum Gasteiger partial charge on any atom is -0.399 e. The number of thioether (sulfide) groups is 1. The third-order valence-electron chi connectivity index (χ3n) is 2.74. The average Bonchev–Trinajstić information content (AvgIpc) is 2.36. The minimum atomic E-state index is -0.845. The number of carbonyl (C=O) groups excluding carboxylic acids is 1. The molecule has 0 aliphatic carbocycles. The summed E-state index contributed by atoms with van der Waals surface area (Å²) in [6, 6.07) is 5.08. The number of hydrogen-bond acceptors (Lipinski definition) is 5. The van der Waals surface area contributed by atoms with Gasteiger partial charge in [0.2, 0.25) is 0 Å². The summed E-state index contributed by atoms with van der Waals surface area (Å²) in [4.78, 5) is 12.0. The van der Waals surface area contributed by atoms with Crippen LogP contribution in [0.4, 0.5) is 11.4 Å². The number of nitrogens with two attached hydrogens (primary N) is 1. The second-order valence-corrected chi connectivity index (χ2v) is 5.81. The first-order valence-electron chi connectivity index (χ1n) is 6.52. The lowest BCUT2D eigenvalue weighted by molar-refractivity contribution is 0.0949. The van der Waals surface area contributed by atoms with Gasteiger partial charge in [-0.25, -0.2) is 0 Å². The largest absolute Gasteiger partial charge is 0.399 e. The van der Waals surface area contributed by atoms with E-state index in [0.29, 0.717) is 35.8 Å². The summed E-state index contributed by atoms with van der Waals surface area (Å²) in [7, 11) is 0. The van der Waals surface area contributed by atoms with Crippen LogP contribution in [0.2, 0.25) is 0 Å². The molecule has 0 radical (unpaired) electrons. The summed E-state index contributed by atoms with van der Waals surface area (Å²) in [6.45, 7) is 4.54. The molecule has 0 heterocycles. The highest BCUT2D eigenvalue weighted by atomic mass is 32.2. The Morgan fingerprint density at radius 1 is 1.50 bits per heavy atom. The maximum atomic E-state index is 12.0. The van der Waals surface area contributed by atoms with Crippen molar-refractivity contribution in [2.75, 3.05) is 36.1 Å². The van der Waals surface area contributed by atoms with Gasteiger partial charge in [0.05, 0.1) is 11.2 Å². The predicted molar refractivity (Wildman–Crippen MR) is 86.4 cm³/mol. The van der Waals surface area contributed by atoms with Crippen LogP contribution in [0.3, 0.4) is 0 Å². The number of hydrogen-bond donors (Lipinski definition) is 4. The predicted octanol–water partition coefficient (Wildman–Crippen LogP) is 1.54. The second-order valence-electron chi connectivity index (χ2n) is 4.95. The quantitative estimate of drug-likeness (QED) is 0.574. The van der Waals surface area contributed by atoms with Crippen molar-refractivity contribution < 1.29 is 9.90 Å². The van der Waals surface area contributed by atoms with Crippen LogP contribution in [0, 0.1) is 0 Å². The second kappa shape index (κ2) is 7.40. The molecule has 0 fully saturated rings. The Hall–Kier alpha value is -1.40. The number of rotatable bonds is 7. The number of carbonyl (C=O) groups is 1. The summed E-state index contributed by atoms with van der Waals surface area (Å²) < 4.78 is 0. The molecule has 1 aromatic rings. The first-order valence-corrected chi connectivity index (χ1v) is 7.92. The third-order valence-corrected chi connectivity index (χ3v) is 3.65. The SMILES string of the molecule is CCNC(=O)c1ccc(N)cc1NCC(C)(O)CSC. The number of anilines is 2. The Morgan fingerprint density at radius 2 is 2.20 bits per heavy atom. The van der Waals surface area contributed by atoms with E-state index in [1.165, 1.54) is 0 Å². The van der Waals surface area contributed by atoms with Crippen molar-refractivity contribution in [2.45, 2.75) is 19.4 Å². The molecule has 1 unspecified atom stereocenters. The van der Waals surface area contributed by atoms with E-state index in [1.54, 1.807) is 36.9 Å². The monoisotopic (exact) mass is 297 g/mol. The summed E-state index contributed by atoms with van der Waals surface area (Å²) in [5.41, 5.74) is 6.66. The molecule has 6 heteroatoms. The fourth-order valence-corrected chi connectivity index (χ4v) is 2.53. The van der Waals surface area contributed by atoms with Gasteiger partial charge in [-0.2, -0.15) is 11.8 Å². The molecule has 5 N–H and O–H groups in total. The molecule has 0 saturated carbocycles. The van der Waals surface area contributed by atoms with Gasteiger partial charge in [0.1, 0.15) is 0 Å².